The molecule has 3 aromatic rings. The van der Waals surface area contributed by atoms with Gasteiger partial charge in [-0.2, -0.15) is 0 Å². The molecular weight excluding hydrogens is 514 g/mol. The van der Waals surface area contributed by atoms with Crippen molar-refractivity contribution in [3.8, 4) is 16.9 Å². The number of rotatable bonds is 10. The monoisotopic (exact) mass is 553 g/mol. The van der Waals surface area contributed by atoms with Crippen LogP contribution in [0.4, 0.5) is 11.4 Å². The Morgan fingerprint density at radius 3 is 2.49 bits per heavy atom. The van der Waals surface area contributed by atoms with E-state index in [0.717, 1.165) is 79.2 Å². The van der Waals surface area contributed by atoms with Crippen molar-refractivity contribution >= 4 is 29.8 Å². The highest BCUT2D eigenvalue weighted by atomic mass is 16.5. The van der Waals surface area contributed by atoms with E-state index < -0.39 is 0 Å². The van der Waals surface area contributed by atoms with E-state index in [4.69, 9.17) is 9.47 Å². The lowest BCUT2D eigenvalue weighted by molar-refractivity contribution is -0.113. The first-order valence-corrected chi connectivity index (χ1v) is 14.5. The number of amides is 2. The number of nitrogens with zero attached hydrogens (tertiary/aromatic N) is 2. The van der Waals surface area contributed by atoms with Gasteiger partial charge in [-0.3, -0.25) is 14.5 Å². The summed E-state index contributed by atoms with van der Waals surface area (Å²) in [5.41, 5.74) is 6.29. The molecule has 2 amide bonds. The van der Waals surface area contributed by atoms with Crippen molar-refractivity contribution in [2.45, 2.75) is 45.2 Å². The van der Waals surface area contributed by atoms with Gasteiger partial charge in [0, 0.05) is 43.6 Å². The molecule has 5 rings (SSSR count). The van der Waals surface area contributed by atoms with Gasteiger partial charge in [0.2, 0.25) is 6.41 Å². The standard InChI is InChI=1S/C34H39N3O4/c1-3-18-41-32-11-6-26(7-12-32)27-8-13-33-29(21-27)22-28(14-17-37(33)24-38)34(39)35-30-9-4-25(5-10-30)23-36(2)31-15-19-40-20-16-31/h4-13,21-22,24,31H,3,14-20,23H2,1-2H3,(H,35,39). The van der Waals surface area contributed by atoms with E-state index in [-0.39, 0.29) is 5.91 Å². The van der Waals surface area contributed by atoms with Crippen LogP contribution in [-0.2, 0) is 20.9 Å². The van der Waals surface area contributed by atoms with Gasteiger partial charge in [0.1, 0.15) is 5.75 Å². The van der Waals surface area contributed by atoms with Gasteiger partial charge in [-0.15, -0.1) is 0 Å². The van der Waals surface area contributed by atoms with Crippen LogP contribution in [0.2, 0.25) is 0 Å². The minimum absolute atomic E-state index is 0.154. The van der Waals surface area contributed by atoms with Crippen molar-refractivity contribution in [1.29, 1.82) is 0 Å². The van der Waals surface area contributed by atoms with E-state index >= 15 is 0 Å². The van der Waals surface area contributed by atoms with E-state index in [1.165, 1.54) is 5.56 Å². The Morgan fingerprint density at radius 2 is 1.78 bits per heavy atom. The molecule has 0 aliphatic carbocycles. The van der Waals surface area contributed by atoms with Crippen LogP contribution in [-0.4, -0.2) is 56.7 Å². The van der Waals surface area contributed by atoms with Crippen LogP contribution >= 0.6 is 0 Å². The van der Waals surface area contributed by atoms with Crippen molar-refractivity contribution in [3.63, 3.8) is 0 Å². The average molecular weight is 554 g/mol. The summed E-state index contributed by atoms with van der Waals surface area (Å²) in [6, 6.07) is 22.6. The van der Waals surface area contributed by atoms with Crippen molar-refractivity contribution in [1.82, 2.24) is 4.90 Å². The summed E-state index contributed by atoms with van der Waals surface area (Å²) in [5, 5.41) is 3.06. The summed E-state index contributed by atoms with van der Waals surface area (Å²) in [4.78, 5) is 29.3. The summed E-state index contributed by atoms with van der Waals surface area (Å²) >= 11 is 0. The molecule has 0 saturated carbocycles. The topological polar surface area (TPSA) is 71.1 Å². The predicted molar refractivity (Wildman–Crippen MR) is 164 cm³/mol. The Labute approximate surface area is 242 Å². The summed E-state index contributed by atoms with van der Waals surface area (Å²) < 4.78 is 11.2. The van der Waals surface area contributed by atoms with Crippen LogP contribution in [0.25, 0.3) is 17.2 Å². The minimum Gasteiger partial charge on any atom is -0.494 e. The molecule has 214 valence electrons. The van der Waals surface area contributed by atoms with Gasteiger partial charge >= 0.3 is 0 Å². The van der Waals surface area contributed by atoms with Crippen molar-refractivity contribution < 1.29 is 19.1 Å². The number of nitrogens with one attached hydrogen (secondary N) is 1. The van der Waals surface area contributed by atoms with Crippen LogP contribution in [0.5, 0.6) is 5.75 Å². The lowest BCUT2D eigenvalue weighted by Gasteiger charge is -2.31. The predicted octanol–water partition coefficient (Wildman–Crippen LogP) is 6.14. The molecule has 7 nitrogen and oxygen atoms in total. The fraction of sp³-hybridized carbons (Fsp3) is 0.353. The third kappa shape index (κ3) is 7.23. The molecule has 0 bridgehead atoms. The quantitative estimate of drug-likeness (QED) is 0.305. The summed E-state index contributed by atoms with van der Waals surface area (Å²) in [5.74, 6) is 0.689. The third-order valence-electron chi connectivity index (χ3n) is 7.83. The number of anilines is 2. The Hall–Kier alpha value is -3.94. The van der Waals surface area contributed by atoms with Gasteiger partial charge in [-0.05, 0) is 97.5 Å². The zero-order valence-electron chi connectivity index (χ0n) is 24.0. The maximum Gasteiger partial charge on any atom is 0.251 e. The molecule has 0 atom stereocenters. The molecule has 0 unspecified atom stereocenters. The van der Waals surface area contributed by atoms with Crippen molar-refractivity contribution in [3.05, 3.63) is 83.4 Å². The lowest BCUT2D eigenvalue weighted by Crippen LogP contribution is -2.36. The Morgan fingerprint density at radius 1 is 1.05 bits per heavy atom. The number of benzene rings is 3. The summed E-state index contributed by atoms with van der Waals surface area (Å²) in [6.07, 6.45) is 6.29. The highest BCUT2D eigenvalue weighted by molar-refractivity contribution is 6.08. The van der Waals surface area contributed by atoms with E-state index in [1.54, 1.807) is 4.90 Å². The van der Waals surface area contributed by atoms with Gasteiger partial charge in [0.25, 0.3) is 5.91 Å². The molecule has 2 heterocycles. The zero-order valence-corrected chi connectivity index (χ0v) is 24.0. The largest absolute Gasteiger partial charge is 0.494 e. The van der Waals surface area contributed by atoms with Crippen LogP contribution < -0.4 is 15.0 Å². The highest BCUT2D eigenvalue weighted by Gasteiger charge is 2.21. The molecule has 1 N–H and O–H groups in total. The molecule has 2 aliphatic heterocycles. The van der Waals surface area contributed by atoms with E-state index in [1.807, 2.05) is 60.7 Å². The number of fused-ring (bicyclic) bond motifs is 1. The molecule has 0 spiro atoms. The minimum atomic E-state index is -0.154. The fourth-order valence-electron chi connectivity index (χ4n) is 5.43. The first kappa shape index (κ1) is 28.6. The summed E-state index contributed by atoms with van der Waals surface area (Å²) in [7, 11) is 2.16. The molecule has 0 radical (unpaired) electrons. The number of ether oxygens (including phenoxy) is 2. The van der Waals surface area contributed by atoms with Crippen LogP contribution in [0.3, 0.4) is 0 Å². The van der Waals surface area contributed by atoms with E-state index in [9.17, 15) is 9.59 Å². The maximum absolute atomic E-state index is 13.4. The molecule has 2 aliphatic rings. The highest BCUT2D eigenvalue weighted by Crippen LogP contribution is 2.33. The van der Waals surface area contributed by atoms with Gasteiger partial charge in [-0.25, -0.2) is 0 Å². The number of hydrogen-bond donors (Lipinski definition) is 1. The van der Waals surface area contributed by atoms with Gasteiger partial charge in [0.05, 0.1) is 12.3 Å². The zero-order chi connectivity index (χ0) is 28.6. The lowest BCUT2D eigenvalue weighted by atomic mass is 10.00. The Balaban J connectivity index is 1.29. The van der Waals surface area contributed by atoms with Crippen molar-refractivity contribution in [2.75, 3.05) is 43.6 Å². The first-order valence-electron chi connectivity index (χ1n) is 14.5. The Bertz CT molecular complexity index is 1360. The molecule has 0 aromatic heterocycles. The Kier molecular flexibility index (Phi) is 9.49. The fourth-order valence-corrected chi connectivity index (χ4v) is 5.43. The number of carbonyl (C=O) groups excluding carboxylic acids is 2. The van der Waals surface area contributed by atoms with E-state index in [0.29, 0.717) is 31.2 Å². The van der Waals surface area contributed by atoms with Crippen molar-refractivity contribution in [2.24, 2.45) is 0 Å². The molecule has 3 aromatic carbocycles. The number of hydrogen-bond acceptors (Lipinski definition) is 5. The van der Waals surface area contributed by atoms with Gasteiger partial charge in [-0.1, -0.05) is 37.3 Å². The average Bonchev–Trinajstić information content (AvgIpc) is 3.20. The molecule has 7 heteroatoms. The smallest absolute Gasteiger partial charge is 0.251 e. The first-order chi connectivity index (χ1) is 20.0. The third-order valence-corrected chi connectivity index (χ3v) is 7.83. The second-order valence-electron chi connectivity index (χ2n) is 10.8. The van der Waals surface area contributed by atoms with Crippen LogP contribution in [0, 0.1) is 0 Å². The molecule has 1 saturated heterocycles. The van der Waals surface area contributed by atoms with E-state index in [2.05, 4.69) is 36.3 Å². The number of carbonyl (C=O) groups is 2. The molecule has 41 heavy (non-hydrogen) atoms. The molecular formula is C34H39N3O4. The second-order valence-corrected chi connectivity index (χ2v) is 10.8. The normalized spacial score (nSPS) is 15.6. The van der Waals surface area contributed by atoms with Gasteiger partial charge < -0.3 is 19.7 Å². The van der Waals surface area contributed by atoms with Gasteiger partial charge in [0.15, 0.2) is 0 Å². The maximum atomic E-state index is 13.4. The molecule has 1 fully saturated rings. The SMILES string of the molecule is CCCOc1ccc(-c2ccc3c(c2)C=C(C(=O)Nc2ccc(CN(C)C4CCOCC4)cc2)CCN3C=O)cc1. The van der Waals surface area contributed by atoms with Crippen LogP contribution in [0.15, 0.2) is 72.3 Å². The van der Waals surface area contributed by atoms with Crippen LogP contribution in [0.1, 0.15) is 43.7 Å². The summed E-state index contributed by atoms with van der Waals surface area (Å²) in [6.45, 7) is 5.73. The second kappa shape index (κ2) is 13.6.